The Morgan fingerprint density at radius 2 is 2.00 bits per heavy atom. The average Bonchev–Trinajstić information content (AvgIpc) is 2.67. The van der Waals surface area contributed by atoms with Crippen LogP contribution in [0, 0.1) is 11.1 Å². The molecule has 0 spiro atoms. The van der Waals surface area contributed by atoms with Gasteiger partial charge in [-0.25, -0.2) is 15.8 Å². The van der Waals surface area contributed by atoms with E-state index in [2.05, 4.69) is 41.2 Å². The van der Waals surface area contributed by atoms with Gasteiger partial charge in [0.15, 0.2) is 17.0 Å². The highest BCUT2D eigenvalue weighted by Crippen LogP contribution is 2.18. The first-order chi connectivity index (χ1) is 7.35. The van der Waals surface area contributed by atoms with E-state index in [4.69, 9.17) is 11.1 Å². The normalized spacial score (nSPS) is 9.87. The van der Waals surface area contributed by atoms with Crippen molar-refractivity contribution in [3.63, 3.8) is 0 Å². The number of rotatable bonds is 4. The van der Waals surface area contributed by atoms with Crippen LogP contribution in [0.4, 0.5) is 11.8 Å². The Hall–Kier alpha value is -2.65. The maximum Gasteiger partial charge on any atom is 0.249 e. The molecule has 10 nitrogen and oxygen atoms in total. The summed E-state index contributed by atoms with van der Waals surface area (Å²) >= 11 is 0. The van der Waals surface area contributed by atoms with Gasteiger partial charge in [0.1, 0.15) is 0 Å². The molecule has 5 N–H and O–H groups in total. The summed E-state index contributed by atoms with van der Waals surface area (Å²) in [5, 5.41) is 5.92. The summed E-state index contributed by atoms with van der Waals surface area (Å²) in [6.45, 7) is 0. The van der Waals surface area contributed by atoms with Gasteiger partial charge in [0, 0.05) is 0 Å². The molecule has 15 heavy (non-hydrogen) atoms. The van der Waals surface area contributed by atoms with Gasteiger partial charge in [-0.15, -0.1) is 0 Å². The minimum Gasteiger partial charge on any atom is -0.329 e. The fraction of sp³-hybridized carbons (Fsp3) is 0. The number of nitrogens with one attached hydrogen (secondary N) is 5. The van der Waals surface area contributed by atoms with E-state index in [1.807, 2.05) is 0 Å². The molecular weight excluding hydrogens is 200 g/mol. The second kappa shape index (κ2) is 3.61. The molecule has 0 radical (unpaired) electrons. The lowest BCUT2D eigenvalue weighted by molar-refractivity contribution is 0.995. The van der Waals surface area contributed by atoms with Gasteiger partial charge >= 0.3 is 0 Å². The van der Waals surface area contributed by atoms with E-state index >= 15 is 0 Å². The zero-order chi connectivity index (χ0) is 10.7. The smallest absolute Gasteiger partial charge is 0.249 e. The molecule has 0 saturated carbocycles. The third-order valence-electron chi connectivity index (χ3n) is 1.60. The van der Waals surface area contributed by atoms with Crippen molar-refractivity contribution in [2.45, 2.75) is 0 Å². The first kappa shape index (κ1) is 8.93. The third kappa shape index (κ3) is 1.54. The minimum atomic E-state index is 0.118. The lowest BCUT2D eigenvalue weighted by Crippen LogP contribution is -2.00. The maximum absolute atomic E-state index is 6.68. The van der Waals surface area contributed by atoms with E-state index in [0.29, 0.717) is 11.2 Å². The summed E-state index contributed by atoms with van der Waals surface area (Å²) in [7, 11) is 0. The van der Waals surface area contributed by atoms with Gasteiger partial charge in [-0.3, -0.25) is 0 Å². The molecule has 0 bridgehead atoms. The Bertz CT molecular complexity index is 499. The van der Waals surface area contributed by atoms with Crippen LogP contribution < -0.4 is 10.9 Å². The summed E-state index contributed by atoms with van der Waals surface area (Å²) in [4.78, 5) is 14.6. The van der Waals surface area contributed by atoms with Gasteiger partial charge in [-0.2, -0.15) is 21.0 Å². The topological polar surface area (TPSA) is 151 Å². The molecule has 0 saturated heterocycles. The zero-order valence-electron chi connectivity index (χ0n) is 7.31. The van der Waals surface area contributed by atoms with Crippen LogP contribution in [-0.2, 0) is 0 Å². The van der Waals surface area contributed by atoms with E-state index < -0.39 is 0 Å². The van der Waals surface area contributed by atoms with Crippen molar-refractivity contribution >= 4 is 22.9 Å². The molecule has 0 aliphatic carbocycles. The molecule has 0 atom stereocenters. The quantitative estimate of drug-likeness (QED) is 0.374. The Kier molecular flexibility index (Phi) is 2.15. The molecule has 2 heterocycles. The molecule has 76 valence electrons. The molecule has 2 aromatic heterocycles. The number of aromatic amines is 1. The summed E-state index contributed by atoms with van der Waals surface area (Å²) < 4.78 is 0. The van der Waals surface area contributed by atoms with E-state index in [1.165, 1.54) is 6.33 Å². The van der Waals surface area contributed by atoms with Crippen LogP contribution in [0.2, 0.25) is 0 Å². The lowest BCUT2D eigenvalue weighted by atomic mass is 10.5. The highest BCUT2D eigenvalue weighted by atomic mass is 15.4. The first-order valence-corrected chi connectivity index (χ1v) is 3.81. The monoisotopic (exact) mass is 206 g/mol. The molecule has 0 aromatic carbocycles. The number of aromatic nitrogens is 4. The molecule has 10 heteroatoms. The molecule has 2 aromatic rings. The number of hydrogen-bond donors (Lipinski definition) is 5. The third-order valence-corrected chi connectivity index (χ3v) is 1.60. The van der Waals surface area contributed by atoms with E-state index in [-0.39, 0.29) is 11.8 Å². The van der Waals surface area contributed by atoms with Crippen molar-refractivity contribution in [3.8, 4) is 0 Å². The van der Waals surface area contributed by atoms with Crippen molar-refractivity contribution in [3.05, 3.63) is 6.33 Å². The minimum absolute atomic E-state index is 0.118. The van der Waals surface area contributed by atoms with Crippen LogP contribution in [0.15, 0.2) is 16.8 Å². The number of hydrogen-bond acceptors (Lipinski definition) is 7. The van der Waals surface area contributed by atoms with Crippen molar-refractivity contribution in [2.75, 3.05) is 10.9 Å². The molecule has 0 aliphatic heterocycles. The summed E-state index contributed by atoms with van der Waals surface area (Å²) in [5.41, 5.74) is 18.8. The second-order valence-electron chi connectivity index (χ2n) is 2.44. The fourth-order valence-corrected chi connectivity index (χ4v) is 1.07. The Morgan fingerprint density at radius 1 is 1.20 bits per heavy atom. The number of H-pyrrole nitrogens is 1. The Morgan fingerprint density at radius 3 is 2.73 bits per heavy atom. The van der Waals surface area contributed by atoms with Gasteiger partial charge in [-0.1, -0.05) is 10.4 Å². The van der Waals surface area contributed by atoms with Crippen molar-refractivity contribution in [2.24, 2.45) is 10.4 Å². The molecule has 2 rings (SSSR count). The fourth-order valence-electron chi connectivity index (χ4n) is 1.07. The van der Waals surface area contributed by atoms with Crippen molar-refractivity contribution < 1.29 is 0 Å². The van der Waals surface area contributed by atoms with Gasteiger partial charge in [0.05, 0.1) is 6.33 Å². The highest BCUT2D eigenvalue weighted by Gasteiger charge is 2.08. The maximum atomic E-state index is 6.68. The van der Waals surface area contributed by atoms with Crippen LogP contribution >= 0.6 is 0 Å². The number of fused-ring (bicyclic) bond motifs is 1. The zero-order valence-corrected chi connectivity index (χ0v) is 7.31. The van der Waals surface area contributed by atoms with Crippen molar-refractivity contribution in [1.29, 1.82) is 11.1 Å². The molecule has 0 aliphatic rings. The summed E-state index contributed by atoms with van der Waals surface area (Å²) in [6, 6.07) is 0. The molecule has 0 fully saturated rings. The van der Waals surface area contributed by atoms with Crippen LogP contribution in [0.1, 0.15) is 0 Å². The number of anilines is 2. The van der Waals surface area contributed by atoms with Crippen LogP contribution in [0.3, 0.4) is 0 Å². The molecule has 0 amide bonds. The molecule has 0 unspecified atom stereocenters. The second-order valence-corrected chi connectivity index (χ2v) is 2.44. The van der Waals surface area contributed by atoms with E-state index in [0.717, 1.165) is 0 Å². The standard InChI is InChI=1S/C5H6N10/c6-14-12-4-2-3(9-1-8-2)10-5(11-4)13-15-7/h1H,(H5,6,7,8,9,10,11,12,13). The van der Waals surface area contributed by atoms with E-state index in [9.17, 15) is 0 Å². The van der Waals surface area contributed by atoms with Crippen LogP contribution in [0.5, 0.6) is 0 Å². The predicted molar refractivity (Wildman–Crippen MR) is 49.2 cm³/mol. The summed E-state index contributed by atoms with van der Waals surface area (Å²) in [6.07, 6.45) is 1.44. The lowest BCUT2D eigenvalue weighted by Gasteiger charge is -2.01. The van der Waals surface area contributed by atoms with Crippen molar-refractivity contribution in [1.82, 2.24) is 19.9 Å². The van der Waals surface area contributed by atoms with Gasteiger partial charge in [0.2, 0.25) is 5.95 Å². The van der Waals surface area contributed by atoms with Crippen LogP contribution in [0.25, 0.3) is 11.2 Å². The highest BCUT2D eigenvalue weighted by molar-refractivity contribution is 5.83. The SMILES string of the molecule is N=NNc1nc(NN=N)c2nc[nH]c2n1. The summed E-state index contributed by atoms with van der Waals surface area (Å²) in [5.74, 6) is 0.385. The first-order valence-electron chi connectivity index (χ1n) is 3.81. The average molecular weight is 206 g/mol. The molecular formula is C5H6N10. The number of nitrogens with zero attached hydrogens (tertiary/aromatic N) is 5. The predicted octanol–water partition coefficient (Wildman–Crippen LogP) is 1.07. The Labute approximate surface area is 82.5 Å². The largest absolute Gasteiger partial charge is 0.329 e. The van der Waals surface area contributed by atoms with Gasteiger partial charge in [-0.05, 0) is 0 Å². The Balaban J connectivity index is 2.57. The van der Waals surface area contributed by atoms with Crippen LogP contribution in [-0.4, -0.2) is 19.9 Å². The number of imidazole rings is 1. The van der Waals surface area contributed by atoms with E-state index in [1.54, 1.807) is 0 Å². The van der Waals surface area contributed by atoms with Gasteiger partial charge in [0.25, 0.3) is 0 Å². The van der Waals surface area contributed by atoms with Gasteiger partial charge < -0.3 is 4.98 Å².